The van der Waals surface area contributed by atoms with E-state index in [9.17, 15) is 4.79 Å². The highest BCUT2D eigenvalue weighted by Gasteiger charge is 2.09. The average Bonchev–Trinajstić information content (AvgIpc) is 2.98. The zero-order chi connectivity index (χ0) is 17.5. The van der Waals surface area contributed by atoms with Gasteiger partial charge >= 0.3 is 0 Å². The van der Waals surface area contributed by atoms with Crippen LogP contribution in [-0.4, -0.2) is 44.7 Å². The number of benzene rings is 1. The number of fused-ring (bicyclic) bond motifs is 1. The van der Waals surface area contributed by atoms with E-state index in [-0.39, 0.29) is 0 Å². The van der Waals surface area contributed by atoms with Crippen LogP contribution in [0.2, 0.25) is 0 Å². The summed E-state index contributed by atoms with van der Waals surface area (Å²) in [7, 11) is 0. The van der Waals surface area contributed by atoms with Crippen LogP contribution < -0.4 is 5.48 Å². The quantitative estimate of drug-likeness (QED) is 0.443. The van der Waals surface area contributed by atoms with Crippen molar-refractivity contribution in [3.8, 4) is 0 Å². The Morgan fingerprint density at radius 1 is 1.42 bits per heavy atom. The molecule has 0 spiro atoms. The number of nitrogens with zero attached hydrogens (tertiary/aromatic N) is 3. The topological polar surface area (TPSA) is 70.4 Å². The standard InChI is InChI=1S/C18H26N4O2/c1-4-9-21(14(2)3)10-11-22-13-19-16-12-15(5-7-17(16)22)6-8-18(23)20-24/h5-8,12-14,24H,4,9-11H2,1-3H3,(H,20,23). The second-order valence-corrected chi connectivity index (χ2v) is 6.13. The lowest BCUT2D eigenvalue weighted by atomic mass is 10.2. The number of carbonyl (C=O) groups is 1. The fourth-order valence-electron chi connectivity index (χ4n) is 2.72. The van der Waals surface area contributed by atoms with Crippen molar-refractivity contribution in [2.45, 2.75) is 39.8 Å². The number of hydrogen-bond donors (Lipinski definition) is 2. The molecule has 2 N–H and O–H groups in total. The maximum atomic E-state index is 11.0. The molecule has 24 heavy (non-hydrogen) atoms. The van der Waals surface area contributed by atoms with Crippen LogP contribution in [0.4, 0.5) is 0 Å². The lowest BCUT2D eigenvalue weighted by molar-refractivity contribution is -0.124. The van der Waals surface area contributed by atoms with Gasteiger partial charge < -0.3 is 4.57 Å². The molecule has 1 amide bonds. The van der Waals surface area contributed by atoms with E-state index in [0.717, 1.165) is 42.7 Å². The molecule has 1 aromatic carbocycles. The van der Waals surface area contributed by atoms with Gasteiger partial charge in [-0.15, -0.1) is 0 Å². The van der Waals surface area contributed by atoms with E-state index < -0.39 is 5.91 Å². The first-order valence-corrected chi connectivity index (χ1v) is 8.36. The van der Waals surface area contributed by atoms with Gasteiger partial charge in [-0.2, -0.15) is 0 Å². The zero-order valence-corrected chi connectivity index (χ0v) is 14.6. The lowest BCUT2D eigenvalue weighted by Crippen LogP contribution is -2.34. The number of aromatic nitrogens is 2. The molecule has 0 bridgehead atoms. The molecular weight excluding hydrogens is 304 g/mol. The summed E-state index contributed by atoms with van der Waals surface area (Å²) in [6.07, 6.45) is 5.94. The largest absolute Gasteiger partial charge is 0.329 e. The Morgan fingerprint density at radius 3 is 2.88 bits per heavy atom. The predicted octanol–water partition coefficient (Wildman–Crippen LogP) is 2.68. The second-order valence-electron chi connectivity index (χ2n) is 6.13. The molecule has 0 aliphatic carbocycles. The molecule has 0 saturated carbocycles. The van der Waals surface area contributed by atoms with Crippen LogP contribution in [-0.2, 0) is 11.3 Å². The third kappa shape index (κ3) is 4.66. The highest BCUT2D eigenvalue weighted by Crippen LogP contribution is 2.16. The van der Waals surface area contributed by atoms with Gasteiger partial charge in [0.15, 0.2) is 0 Å². The fraction of sp³-hybridized carbons (Fsp3) is 0.444. The van der Waals surface area contributed by atoms with Crippen LogP contribution in [0.5, 0.6) is 0 Å². The van der Waals surface area contributed by atoms with Crippen molar-refractivity contribution in [1.29, 1.82) is 0 Å². The first-order valence-electron chi connectivity index (χ1n) is 8.36. The SMILES string of the molecule is CCCN(CCn1cnc2cc(C=CC(=O)NO)ccc21)C(C)C. The average molecular weight is 330 g/mol. The van der Waals surface area contributed by atoms with Gasteiger partial charge in [0.25, 0.3) is 5.91 Å². The summed E-state index contributed by atoms with van der Waals surface area (Å²) in [4.78, 5) is 18.0. The number of carbonyl (C=O) groups excluding carboxylic acids is 1. The normalized spacial score (nSPS) is 11.9. The molecule has 0 atom stereocenters. The third-order valence-electron chi connectivity index (χ3n) is 4.05. The Balaban J connectivity index is 2.10. The van der Waals surface area contributed by atoms with Gasteiger partial charge in [0.2, 0.25) is 0 Å². The van der Waals surface area contributed by atoms with Crippen molar-refractivity contribution >= 4 is 23.0 Å². The summed E-state index contributed by atoms with van der Waals surface area (Å²) in [6.45, 7) is 9.65. The smallest absolute Gasteiger partial charge is 0.267 e. The third-order valence-corrected chi connectivity index (χ3v) is 4.05. The molecule has 1 heterocycles. The van der Waals surface area contributed by atoms with Gasteiger partial charge in [-0.25, -0.2) is 10.5 Å². The first kappa shape index (κ1) is 18.2. The molecule has 0 saturated heterocycles. The molecule has 2 rings (SSSR count). The van der Waals surface area contributed by atoms with Gasteiger partial charge in [0.1, 0.15) is 0 Å². The molecule has 2 aromatic rings. The Kier molecular flexibility index (Phi) is 6.52. The molecule has 0 radical (unpaired) electrons. The Labute approximate surface area is 142 Å². The van der Waals surface area contributed by atoms with Gasteiger partial charge in [-0.3, -0.25) is 14.9 Å². The summed E-state index contributed by atoms with van der Waals surface area (Å²) >= 11 is 0. The lowest BCUT2D eigenvalue weighted by Gasteiger charge is -2.26. The van der Waals surface area contributed by atoms with E-state index in [1.165, 1.54) is 6.08 Å². The van der Waals surface area contributed by atoms with Gasteiger partial charge in [-0.1, -0.05) is 13.0 Å². The summed E-state index contributed by atoms with van der Waals surface area (Å²) < 4.78 is 2.16. The Morgan fingerprint density at radius 2 is 2.21 bits per heavy atom. The van der Waals surface area contributed by atoms with Crippen LogP contribution in [0.1, 0.15) is 32.8 Å². The molecular formula is C18H26N4O2. The van der Waals surface area contributed by atoms with Crippen molar-refractivity contribution in [2.75, 3.05) is 13.1 Å². The number of amides is 1. The minimum Gasteiger partial charge on any atom is -0.329 e. The number of imidazole rings is 1. The predicted molar refractivity (Wildman–Crippen MR) is 95.7 cm³/mol. The van der Waals surface area contributed by atoms with E-state index in [2.05, 4.69) is 35.2 Å². The number of nitrogens with one attached hydrogen (secondary N) is 1. The van der Waals surface area contributed by atoms with Crippen molar-refractivity contribution in [2.24, 2.45) is 0 Å². The zero-order valence-electron chi connectivity index (χ0n) is 14.6. The number of rotatable bonds is 8. The highest BCUT2D eigenvalue weighted by molar-refractivity contribution is 5.91. The Bertz CT molecular complexity index is 706. The molecule has 6 heteroatoms. The van der Waals surface area contributed by atoms with E-state index in [1.54, 1.807) is 11.6 Å². The maximum absolute atomic E-state index is 11.0. The highest BCUT2D eigenvalue weighted by atomic mass is 16.5. The molecule has 0 aliphatic heterocycles. The van der Waals surface area contributed by atoms with Crippen LogP contribution in [0.25, 0.3) is 17.1 Å². The van der Waals surface area contributed by atoms with E-state index in [0.29, 0.717) is 6.04 Å². The van der Waals surface area contributed by atoms with Crippen molar-refractivity contribution in [1.82, 2.24) is 19.9 Å². The summed E-state index contributed by atoms with van der Waals surface area (Å²) in [5.41, 5.74) is 4.42. The van der Waals surface area contributed by atoms with Gasteiger partial charge in [0, 0.05) is 25.2 Å². The number of hydroxylamine groups is 1. The summed E-state index contributed by atoms with van der Waals surface area (Å²) in [5, 5.41) is 8.50. The minimum absolute atomic E-state index is 0.536. The Hall–Kier alpha value is -2.18. The van der Waals surface area contributed by atoms with Crippen LogP contribution in [0, 0.1) is 0 Å². The molecule has 0 unspecified atom stereocenters. The molecule has 0 aliphatic rings. The van der Waals surface area contributed by atoms with Crippen molar-refractivity contribution in [3.63, 3.8) is 0 Å². The van der Waals surface area contributed by atoms with E-state index in [1.807, 2.05) is 24.5 Å². The van der Waals surface area contributed by atoms with Crippen LogP contribution in [0.15, 0.2) is 30.6 Å². The monoisotopic (exact) mass is 330 g/mol. The minimum atomic E-state index is -0.551. The second kappa shape index (κ2) is 8.61. The first-order chi connectivity index (χ1) is 11.5. The van der Waals surface area contributed by atoms with Crippen molar-refractivity contribution < 1.29 is 10.0 Å². The number of hydrogen-bond acceptors (Lipinski definition) is 4. The van der Waals surface area contributed by atoms with E-state index >= 15 is 0 Å². The summed E-state index contributed by atoms with van der Waals surface area (Å²) in [5.74, 6) is -0.551. The molecule has 6 nitrogen and oxygen atoms in total. The van der Waals surface area contributed by atoms with E-state index in [4.69, 9.17) is 5.21 Å². The van der Waals surface area contributed by atoms with Gasteiger partial charge in [0.05, 0.1) is 17.4 Å². The maximum Gasteiger partial charge on any atom is 0.267 e. The molecule has 1 aromatic heterocycles. The van der Waals surface area contributed by atoms with Crippen LogP contribution >= 0.6 is 0 Å². The van der Waals surface area contributed by atoms with Crippen molar-refractivity contribution in [3.05, 3.63) is 36.2 Å². The fourth-order valence-corrected chi connectivity index (χ4v) is 2.72. The molecule has 130 valence electrons. The summed E-state index contributed by atoms with van der Waals surface area (Å²) in [6, 6.07) is 6.42. The van der Waals surface area contributed by atoms with Crippen LogP contribution in [0.3, 0.4) is 0 Å². The molecule has 0 fully saturated rings. The van der Waals surface area contributed by atoms with Gasteiger partial charge in [-0.05, 0) is 50.6 Å².